The number of nitrogens with one attached hydrogen (secondary N) is 6. The SMILES string of the molecule is Cc1cc(C)nc(-c2nc3scc(C(C)C)c3c(=O)[nH]2)c1.Cc1cccc(-c2nc3scc(CC(C)C)c3c(=O)[nH]2)n1.Cc1nc(-c2nc3sc(C)c(C)c3c(=O)[nH]2)[nH]c1C.Cc1nc(-c2nc3sc(C)c(C)c3c(=O)[nH]2)[nH]c1C. The minimum atomic E-state index is -0.103. The lowest BCUT2D eigenvalue weighted by atomic mass is 10.0. The van der Waals surface area contributed by atoms with Gasteiger partial charge in [0, 0.05) is 32.5 Å². The van der Waals surface area contributed by atoms with Gasteiger partial charge in [0.25, 0.3) is 22.2 Å². The van der Waals surface area contributed by atoms with Crippen molar-refractivity contribution in [3.8, 4) is 46.3 Å². The van der Waals surface area contributed by atoms with Crippen molar-refractivity contribution >= 4 is 86.2 Å². The van der Waals surface area contributed by atoms with E-state index in [4.69, 9.17) is 0 Å². The number of thiophene rings is 4. The second-order valence-electron chi connectivity index (χ2n) is 20.6. The molecule has 0 atom stereocenters. The van der Waals surface area contributed by atoms with Gasteiger partial charge in [-0.25, -0.2) is 39.9 Å². The first-order chi connectivity index (χ1) is 37.9. The summed E-state index contributed by atoms with van der Waals surface area (Å²) in [6, 6.07) is 9.64. The molecule has 0 fully saturated rings. The van der Waals surface area contributed by atoms with Crippen molar-refractivity contribution in [1.29, 1.82) is 0 Å². The number of aromatic nitrogens is 14. The average molecular weight is 1150 g/mol. The van der Waals surface area contributed by atoms with Crippen LogP contribution in [0.15, 0.2) is 60.3 Å². The molecule has 0 aliphatic rings. The summed E-state index contributed by atoms with van der Waals surface area (Å²) < 4.78 is 0. The molecule has 6 N–H and O–H groups in total. The molecule has 22 heteroatoms. The van der Waals surface area contributed by atoms with E-state index in [2.05, 4.69) is 97.5 Å². The van der Waals surface area contributed by atoms with E-state index in [1.807, 2.05) is 117 Å². The summed E-state index contributed by atoms with van der Waals surface area (Å²) in [6.07, 6.45) is 0.896. The number of rotatable bonds is 7. The van der Waals surface area contributed by atoms with Gasteiger partial charge in [-0.1, -0.05) is 33.8 Å². The monoisotopic (exact) mass is 1150 g/mol. The van der Waals surface area contributed by atoms with Gasteiger partial charge in [0.2, 0.25) is 0 Å². The van der Waals surface area contributed by atoms with Crippen LogP contribution in [0.3, 0.4) is 0 Å². The number of aromatic amines is 6. The van der Waals surface area contributed by atoms with Crippen LogP contribution < -0.4 is 22.2 Å². The van der Waals surface area contributed by atoms with E-state index in [1.54, 1.807) is 0 Å². The Hall–Kier alpha value is -7.92. The summed E-state index contributed by atoms with van der Waals surface area (Å²) in [6.45, 7) is 30.0. The molecule has 12 heterocycles. The Kier molecular flexibility index (Phi) is 16.4. The second kappa shape index (κ2) is 23.0. The van der Waals surface area contributed by atoms with Crippen LogP contribution >= 0.6 is 45.3 Å². The maximum absolute atomic E-state index is 12.4. The molecule has 0 spiro atoms. The minimum Gasteiger partial charge on any atom is -0.339 e. The second-order valence-corrected chi connectivity index (χ2v) is 24.7. The lowest BCUT2D eigenvalue weighted by Crippen LogP contribution is -2.11. The number of hydrogen-bond acceptors (Lipinski definition) is 16. The Morgan fingerprint density at radius 1 is 0.450 bits per heavy atom. The first kappa shape index (κ1) is 56.8. The highest BCUT2D eigenvalue weighted by Crippen LogP contribution is 2.31. The van der Waals surface area contributed by atoms with Gasteiger partial charge < -0.3 is 29.9 Å². The van der Waals surface area contributed by atoms with Crippen LogP contribution in [-0.2, 0) is 6.42 Å². The first-order valence-corrected chi connectivity index (χ1v) is 29.3. The highest BCUT2D eigenvalue weighted by atomic mass is 32.1. The van der Waals surface area contributed by atoms with Gasteiger partial charge in [-0.05, 0) is 157 Å². The summed E-state index contributed by atoms with van der Waals surface area (Å²) >= 11 is 6.12. The van der Waals surface area contributed by atoms with Crippen molar-refractivity contribution in [2.75, 3.05) is 0 Å². The van der Waals surface area contributed by atoms with Crippen LogP contribution in [0.4, 0.5) is 0 Å². The molecular weight excluding hydrogens is 1080 g/mol. The maximum Gasteiger partial charge on any atom is 0.260 e. The van der Waals surface area contributed by atoms with Crippen molar-refractivity contribution in [3.05, 3.63) is 154 Å². The number of pyridine rings is 2. The van der Waals surface area contributed by atoms with Gasteiger partial charge in [0.15, 0.2) is 34.9 Å². The molecule has 0 aromatic carbocycles. The van der Waals surface area contributed by atoms with E-state index in [0.717, 1.165) is 103 Å². The third-order valence-electron chi connectivity index (χ3n) is 13.5. The molecule has 0 aliphatic carbocycles. The summed E-state index contributed by atoms with van der Waals surface area (Å²) in [5, 5.41) is 6.88. The number of hydrogen-bond donors (Lipinski definition) is 6. The molecule has 12 aromatic heterocycles. The molecule has 0 radical (unpaired) electrons. The molecule has 12 aromatic rings. The van der Waals surface area contributed by atoms with Crippen LogP contribution in [0.5, 0.6) is 0 Å². The average Bonchev–Trinajstić information content (AvgIpc) is 4.37. The number of fused-ring (bicyclic) bond motifs is 4. The standard InChI is InChI=1S/2C16H17N3OS.2C13H14N4OS/c1-8(2)11-7-21-16-13(11)15(20)18-14(19-16)12-6-9(3)5-10(4)17-12;1-9(2)7-11-8-21-16-13(11)15(20)18-14(19-16)12-6-4-5-10(3)17-12;2*1-5-8(4)19-13-9(5)12(18)16-11(17-13)10-14-6(2)7(3)15-10/h5-8H,1-4H3,(H,18,19,20);4-6,8-9H,7H2,1-3H3,(H,18,19,20);2*1-4H3,(H,14,15)(H,16,17,18). The Morgan fingerprint density at radius 3 is 1.39 bits per heavy atom. The molecule has 0 saturated heterocycles. The summed E-state index contributed by atoms with van der Waals surface area (Å²) in [5.41, 5.74) is 11.9. The van der Waals surface area contributed by atoms with Gasteiger partial charge in [-0.3, -0.25) is 19.2 Å². The molecule has 0 aliphatic heterocycles. The molecule has 0 saturated carbocycles. The Labute approximate surface area is 475 Å². The molecule has 0 amide bonds. The van der Waals surface area contributed by atoms with E-state index in [9.17, 15) is 19.2 Å². The van der Waals surface area contributed by atoms with E-state index in [-0.39, 0.29) is 22.2 Å². The van der Waals surface area contributed by atoms with Gasteiger partial charge in [0.1, 0.15) is 30.7 Å². The highest BCUT2D eigenvalue weighted by Gasteiger charge is 2.19. The van der Waals surface area contributed by atoms with Crippen molar-refractivity contribution in [3.63, 3.8) is 0 Å². The van der Waals surface area contributed by atoms with Crippen LogP contribution in [0, 0.1) is 82.1 Å². The number of imidazole rings is 2. The fourth-order valence-corrected chi connectivity index (χ4v) is 13.0. The van der Waals surface area contributed by atoms with E-state index < -0.39 is 0 Å². The van der Waals surface area contributed by atoms with Gasteiger partial charge >= 0.3 is 0 Å². The zero-order valence-corrected chi connectivity index (χ0v) is 50.5. The Morgan fingerprint density at radius 2 is 0.900 bits per heavy atom. The van der Waals surface area contributed by atoms with Gasteiger partial charge in [-0.2, -0.15) is 0 Å². The van der Waals surface area contributed by atoms with Crippen molar-refractivity contribution in [2.24, 2.45) is 5.92 Å². The molecule has 0 unspecified atom stereocenters. The summed E-state index contributed by atoms with van der Waals surface area (Å²) in [7, 11) is 0. The summed E-state index contributed by atoms with van der Waals surface area (Å²) in [5.74, 6) is 4.11. The molecule has 12 rings (SSSR count). The van der Waals surface area contributed by atoms with Crippen molar-refractivity contribution < 1.29 is 0 Å². The number of aryl methyl sites for hydroxylation is 11. The lowest BCUT2D eigenvalue weighted by Gasteiger charge is -2.05. The highest BCUT2D eigenvalue weighted by molar-refractivity contribution is 7.19. The van der Waals surface area contributed by atoms with Crippen molar-refractivity contribution in [2.45, 2.75) is 116 Å². The van der Waals surface area contributed by atoms with E-state index in [1.165, 1.54) is 45.3 Å². The molecule has 412 valence electrons. The molecule has 80 heavy (non-hydrogen) atoms. The van der Waals surface area contributed by atoms with Gasteiger partial charge in [-0.15, -0.1) is 45.3 Å². The topological polar surface area (TPSA) is 266 Å². The fourth-order valence-electron chi connectivity index (χ4n) is 8.93. The van der Waals surface area contributed by atoms with Crippen molar-refractivity contribution in [1.82, 2.24) is 69.8 Å². The fraction of sp³-hybridized carbons (Fsp3) is 0.310. The maximum atomic E-state index is 12.4. The Balaban J connectivity index is 0.000000129. The van der Waals surface area contributed by atoms with Crippen LogP contribution in [0.2, 0.25) is 0 Å². The smallest absolute Gasteiger partial charge is 0.260 e. The summed E-state index contributed by atoms with van der Waals surface area (Å²) in [4.78, 5) is 108. The third-order valence-corrected chi connectivity index (χ3v) is 17.5. The Bertz CT molecular complexity index is 4360. The first-order valence-electron chi connectivity index (χ1n) is 25.9. The molecule has 0 bridgehead atoms. The van der Waals surface area contributed by atoms with Crippen LogP contribution in [0.1, 0.15) is 105 Å². The number of H-pyrrole nitrogens is 6. The quantitative estimate of drug-likeness (QED) is 0.0870. The predicted molar refractivity (Wildman–Crippen MR) is 327 cm³/mol. The minimum absolute atomic E-state index is 0.0739. The zero-order chi connectivity index (χ0) is 57.6. The lowest BCUT2D eigenvalue weighted by molar-refractivity contribution is 0.651. The normalized spacial score (nSPS) is 11.4. The zero-order valence-electron chi connectivity index (χ0n) is 47.2. The largest absolute Gasteiger partial charge is 0.339 e. The van der Waals surface area contributed by atoms with E-state index in [0.29, 0.717) is 74.3 Å². The van der Waals surface area contributed by atoms with Crippen LogP contribution in [0.25, 0.3) is 87.2 Å². The van der Waals surface area contributed by atoms with E-state index >= 15 is 0 Å². The number of nitrogens with zero attached hydrogens (tertiary/aromatic N) is 8. The van der Waals surface area contributed by atoms with Gasteiger partial charge in [0.05, 0.1) is 32.9 Å². The molecular formula is C58H62N14O4S4. The third kappa shape index (κ3) is 11.8. The predicted octanol–water partition coefficient (Wildman–Crippen LogP) is 12.6. The molecule has 18 nitrogen and oxygen atoms in total. The van der Waals surface area contributed by atoms with Crippen LogP contribution in [-0.4, -0.2) is 69.8 Å².